The molecular weight excluding hydrogens is 234 g/mol. The van der Waals surface area contributed by atoms with Crippen LogP contribution in [0.15, 0.2) is 0 Å². The highest BCUT2D eigenvalue weighted by Crippen LogP contribution is 2.34. The fraction of sp³-hybridized carbons (Fsp3) is 1.00. The maximum absolute atomic E-state index is 10.2. The number of aliphatic hydroxyl groups is 6. The molecule has 8 heteroatoms. The van der Waals surface area contributed by atoms with Gasteiger partial charge in [0.2, 0.25) is 0 Å². The summed E-state index contributed by atoms with van der Waals surface area (Å²) in [5, 5.41) is 60.4. The van der Waals surface area contributed by atoms with Crippen LogP contribution in [0.4, 0.5) is 0 Å². The van der Waals surface area contributed by atoms with E-state index in [4.69, 9.17) is 9.84 Å². The second-order valence-electron chi connectivity index (χ2n) is 4.48. The van der Waals surface area contributed by atoms with Crippen LogP contribution in [-0.2, 0) is 4.74 Å². The van der Waals surface area contributed by atoms with E-state index < -0.39 is 49.0 Å². The van der Waals surface area contributed by atoms with E-state index in [1.165, 1.54) is 0 Å². The number of aliphatic hydroxyl groups excluding tert-OH is 5. The van der Waals surface area contributed by atoms with Gasteiger partial charge in [0.1, 0.15) is 30.6 Å². The molecule has 2 heterocycles. The highest BCUT2D eigenvalue weighted by molar-refractivity contribution is 5.10. The van der Waals surface area contributed by atoms with Crippen LogP contribution in [0.5, 0.6) is 0 Å². The van der Waals surface area contributed by atoms with Crippen LogP contribution in [0.2, 0.25) is 0 Å². The Kier molecular flexibility index (Phi) is 3.40. The molecule has 0 aromatic rings. The third-order valence-corrected chi connectivity index (χ3v) is 3.44. The van der Waals surface area contributed by atoms with E-state index >= 15 is 0 Å². The standard InChI is InChI=1S/C9H17NO7/c11-2-4-5(13)7(15)9(16)6(14)3(12)1-10-8(9)17-4/h3-8,10-16H,1-2H2/t3-,4-,5+,6-,7+,8+,9-/m1/s1. The summed E-state index contributed by atoms with van der Waals surface area (Å²) in [5.74, 6) is 0. The summed E-state index contributed by atoms with van der Waals surface area (Å²) in [5.41, 5.74) is -2.22. The number of ether oxygens (including phenoxy) is 1. The summed E-state index contributed by atoms with van der Waals surface area (Å²) in [6.07, 6.45) is -8.47. The van der Waals surface area contributed by atoms with E-state index in [1.54, 1.807) is 0 Å². The minimum atomic E-state index is -2.22. The van der Waals surface area contributed by atoms with Gasteiger partial charge in [0.15, 0.2) is 5.60 Å². The minimum absolute atomic E-state index is 0.0326. The van der Waals surface area contributed by atoms with E-state index in [0.717, 1.165) is 0 Å². The van der Waals surface area contributed by atoms with Crippen LogP contribution in [0, 0.1) is 0 Å². The van der Waals surface area contributed by atoms with Gasteiger partial charge in [-0.25, -0.2) is 0 Å². The lowest BCUT2D eigenvalue weighted by Crippen LogP contribution is -2.79. The average molecular weight is 251 g/mol. The molecule has 100 valence electrons. The molecule has 7 atom stereocenters. The van der Waals surface area contributed by atoms with Gasteiger partial charge in [-0.15, -0.1) is 0 Å². The van der Waals surface area contributed by atoms with Crippen molar-refractivity contribution in [2.24, 2.45) is 0 Å². The molecule has 0 saturated carbocycles. The van der Waals surface area contributed by atoms with E-state index in [2.05, 4.69) is 5.32 Å². The number of β-amino-alcohol motifs (C(OH)–C–C–N with tert-alkyl or cyclic N) is 1. The lowest BCUT2D eigenvalue weighted by Gasteiger charge is -2.53. The van der Waals surface area contributed by atoms with Crippen molar-refractivity contribution in [3.63, 3.8) is 0 Å². The number of hydrogen-bond acceptors (Lipinski definition) is 8. The molecule has 0 unspecified atom stereocenters. The molecule has 0 radical (unpaired) electrons. The fourth-order valence-electron chi connectivity index (χ4n) is 2.34. The Morgan fingerprint density at radius 2 is 1.82 bits per heavy atom. The zero-order valence-corrected chi connectivity index (χ0v) is 8.97. The van der Waals surface area contributed by atoms with Gasteiger partial charge in [0.25, 0.3) is 0 Å². The van der Waals surface area contributed by atoms with Crippen molar-refractivity contribution in [3.8, 4) is 0 Å². The predicted molar refractivity (Wildman–Crippen MR) is 52.7 cm³/mol. The Morgan fingerprint density at radius 1 is 1.18 bits per heavy atom. The number of fused-ring (bicyclic) bond motifs is 1. The largest absolute Gasteiger partial charge is 0.394 e. The Bertz CT molecular complexity index is 287. The quantitative estimate of drug-likeness (QED) is 0.247. The molecule has 2 aliphatic rings. The zero-order chi connectivity index (χ0) is 12.8. The maximum atomic E-state index is 10.2. The fourth-order valence-corrected chi connectivity index (χ4v) is 2.34. The van der Waals surface area contributed by atoms with Gasteiger partial charge in [-0.2, -0.15) is 0 Å². The van der Waals surface area contributed by atoms with Gasteiger partial charge in [-0.1, -0.05) is 0 Å². The minimum Gasteiger partial charge on any atom is -0.394 e. The number of hydrogen-bond donors (Lipinski definition) is 7. The third kappa shape index (κ3) is 1.77. The molecule has 0 spiro atoms. The van der Waals surface area contributed by atoms with Crippen molar-refractivity contribution >= 4 is 0 Å². The van der Waals surface area contributed by atoms with E-state index in [9.17, 15) is 25.5 Å². The molecule has 0 aromatic carbocycles. The molecule has 7 N–H and O–H groups in total. The Labute approximate surface area is 97.1 Å². The Hall–Kier alpha value is -0.320. The number of piperidine rings is 1. The summed E-state index contributed by atoms with van der Waals surface area (Å²) in [6, 6.07) is 0. The van der Waals surface area contributed by atoms with Gasteiger partial charge >= 0.3 is 0 Å². The first-order valence-corrected chi connectivity index (χ1v) is 5.37. The topological polar surface area (TPSA) is 143 Å². The molecule has 0 aliphatic carbocycles. The van der Waals surface area contributed by atoms with Crippen LogP contribution >= 0.6 is 0 Å². The Balaban J connectivity index is 2.28. The van der Waals surface area contributed by atoms with E-state index in [-0.39, 0.29) is 6.54 Å². The second kappa shape index (κ2) is 4.41. The summed E-state index contributed by atoms with van der Waals surface area (Å²) in [4.78, 5) is 0. The van der Waals surface area contributed by atoms with Crippen LogP contribution in [0.1, 0.15) is 0 Å². The monoisotopic (exact) mass is 251 g/mol. The van der Waals surface area contributed by atoms with Crippen molar-refractivity contribution in [2.45, 2.75) is 42.3 Å². The van der Waals surface area contributed by atoms with E-state index in [1.807, 2.05) is 0 Å². The molecule has 8 nitrogen and oxygen atoms in total. The predicted octanol–water partition coefficient (Wildman–Crippen LogP) is -4.52. The summed E-state index contributed by atoms with van der Waals surface area (Å²) < 4.78 is 5.15. The van der Waals surface area contributed by atoms with Crippen molar-refractivity contribution < 1.29 is 35.4 Å². The van der Waals surface area contributed by atoms with E-state index in [0.29, 0.717) is 0 Å². The van der Waals surface area contributed by atoms with Gasteiger partial charge in [0, 0.05) is 6.54 Å². The summed E-state index contributed by atoms with van der Waals surface area (Å²) >= 11 is 0. The van der Waals surface area contributed by atoms with Crippen LogP contribution in [-0.4, -0.2) is 86.1 Å². The first-order valence-electron chi connectivity index (χ1n) is 5.37. The highest BCUT2D eigenvalue weighted by atomic mass is 16.6. The summed E-state index contributed by atoms with van der Waals surface area (Å²) in [6.45, 7) is -0.569. The summed E-state index contributed by atoms with van der Waals surface area (Å²) in [7, 11) is 0. The third-order valence-electron chi connectivity index (χ3n) is 3.44. The molecule has 0 bridgehead atoms. The lowest BCUT2D eigenvalue weighted by atomic mass is 9.77. The van der Waals surface area contributed by atoms with Crippen molar-refractivity contribution in [1.29, 1.82) is 0 Å². The first-order chi connectivity index (χ1) is 7.92. The van der Waals surface area contributed by atoms with Gasteiger partial charge in [0.05, 0.1) is 12.7 Å². The molecule has 0 amide bonds. The van der Waals surface area contributed by atoms with Gasteiger partial charge in [-0.05, 0) is 0 Å². The average Bonchev–Trinajstić information content (AvgIpc) is 2.32. The molecule has 17 heavy (non-hydrogen) atoms. The SMILES string of the molecule is OC[C@H]1O[C@@H]2NC[C@@H](O)[C@@H](O)[C@@]2(O)[C@@H](O)[C@H]1O. The van der Waals surface area contributed by atoms with Crippen molar-refractivity contribution in [1.82, 2.24) is 5.32 Å². The highest BCUT2D eigenvalue weighted by Gasteiger charge is 2.61. The molecule has 0 aromatic heterocycles. The van der Waals surface area contributed by atoms with Crippen LogP contribution in [0.3, 0.4) is 0 Å². The molecule has 2 fully saturated rings. The van der Waals surface area contributed by atoms with Crippen LogP contribution < -0.4 is 5.32 Å². The molecule has 2 saturated heterocycles. The first kappa shape index (κ1) is 13.1. The Morgan fingerprint density at radius 3 is 2.41 bits per heavy atom. The molecule has 2 aliphatic heterocycles. The van der Waals surface area contributed by atoms with Crippen LogP contribution in [0.25, 0.3) is 0 Å². The molecule has 2 rings (SSSR count). The number of rotatable bonds is 1. The normalized spacial score (nSPS) is 55.4. The molecular formula is C9H17NO7. The van der Waals surface area contributed by atoms with Crippen molar-refractivity contribution in [3.05, 3.63) is 0 Å². The second-order valence-corrected chi connectivity index (χ2v) is 4.48. The zero-order valence-electron chi connectivity index (χ0n) is 8.97. The lowest BCUT2D eigenvalue weighted by molar-refractivity contribution is -0.326. The van der Waals surface area contributed by atoms with Gasteiger partial charge in [-0.3, -0.25) is 5.32 Å². The smallest absolute Gasteiger partial charge is 0.161 e. The number of nitrogens with one attached hydrogen (secondary N) is 1. The maximum Gasteiger partial charge on any atom is 0.161 e. The van der Waals surface area contributed by atoms with Crippen molar-refractivity contribution in [2.75, 3.05) is 13.2 Å². The van der Waals surface area contributed by atoms with Gasteiger partial charge < -0.3 is 35.4 Å².